The number of hydrogen-bond acceptors (Lipinski definition) is 7. The monoisotopic (exact) mass is 551 g/mol. The van der Waals surface area contributed by atoms with E-state index in [1.54, 1.807) is 10.9 Å². The third-order valence-corrected chi connectivity index (χ3v) is 7.03. The van der Waals surface area contributed by atoms with Crippen molar-refractivity contribution < 1.29 is 18.0 Å². The summed E-state index contributed by atoms with van der Waals surface area (Å²) in [7, 11) is 0. The Hall–Kier alpha value is -4.19. The normalized spacial score (nSPS) is 14.1. The summed E-state index contributed by atoms with van der Waals surface area (Å²) in [6.07, 6.45) is 0.450. The predicted molar refractivity (Wildman–Crippen MR) is 145 cm³/mol. The van der Waals surface area contributed by atoms with Gasteiger partial charge >= 0.3 is 6.18 Å². The molecule has 1 amide bonds. The number of thioether (sulfide) groups is 1. The molecule has 2 aromatic heterocycles. The summed E-state index contributed by atoms with van der Waals surface area (Å²) in [5.74, 6) is 2.37. The van der Waals surface area contributed by atoms with Gasteiger partial charge in [-0.15, -0.1) is 5.10 Å². The molecule has 2 aromatic carbocycles. The first-order valence-corrected chi connectivity index (χ1v) is 13.3. The van der Waals surface area contributed by atoms with Crippen LogP contribution in [0.1, 0.15) is 27.2 Å². The summed E-state index contributed by atoms with van der Waals surface area (Å²) in [5, 5.41) is 12.2. The standard InChI is InChI=1S/C27H24F3N7OS/c28-27(29,30)23-8-6-20(7-9-23)26(38)34-32-16-24-18-37(35-33-24)17-22-14-21(19-4-2-1-3-5-19)15-31-25(22)36-10-12-39-13-11-36/h1-9,14-16,18H,10-13,17H2,(H,34,38)/b32-16+. The van der Waals surface area contributed by atoms with E-state index in [1.807, 2.05) is 48.3 Å². The number of carbonyl (C=O) groups is 1. The van der Waals surface area contributed by atoms with Crippen LogP contribution in [-0.4, -0.2) is 56.7 Å². The van der Waals surface area contributed by atoms with Crippen molar-refractivity contribution in [2.75, 3.05) is 29.5 Å². The fourth-order valence-corrected chi connectivity index (χ4v) is 5.03. The number of nitrogens with one attached hydrogen (secondary N) is 1. The van der Waals surface area contributed by atoms with E-state index in [-0.39, 0.29) is 5.56 Å². The van der Waals surface area contributed by atoms with Crippen LogP contribution in [0.3, 0.4) is 0 Å². The Morgan fingerprint density at radius 2 is 1.79 bits per heavy atom. The van der Waals surface area contributed by atoms with E-state index in [9.17, 15) is 18.0 Å². The molecule has 0 radical (unpaired) electrons. The lowest BCUT2D eigenvalue weighted by Crippen LogP contribution is -2.34. The molecular formula is C27H24F3N7OS. The molecule has 0 unspecified atom stereocenters. The van der Waals surface area contributed by atoms with Crippen LogP contribution >= 0.6 is 11.8 Å². The quantitative estimate of drug-likeness (QED) is 0.264. The molecule has 1 saturated heterocycles. The zero-order valence-electron chi connectivity index (χ0n) is 20.7. The minimum atomic E-state index is -4.47. The molecule has 200 valence electrons. The number of alkyl halides is 3. The lowest BCUT2D eigenvalue weighted by molar-refractivity contribution is -0.137. The van der Waals surface area contributed by atoms with Crippen molar-refractivity contribution in [3.63, 3.8) is 0 Å². The summed E-state index contributed by atoms with van der Waals surface area (Å²) in [4.78, 5) is 19.3. The maximum Gasteiger partial charge on any atom is 0.416 e. The van der Waals surface area contributed by atoms with E-state index in [4.69, 9.17) is 4.98 Å². The Bertz CT molecular complexity index is 1450. The molecule has 39 heavy (non-hydrogen) atoms. The third-order valence-electron chi connectivity index (χ3n) is 6.09. The summed E-state index contributed by atoms with van der Waals surface area (Å²) in [6.45, 7) is 2.28. The molecule has 0 bridgehead atoms. The fourth-order valence-electron chi connectivity index (χ4n) is 4.12. The van der Waals surface area contributed by atoms with Gasteiger partial charge in [0.05, 0.1) is 24.5 Å². The van der Waals surface area contributed by atoms with E-state index >= 15 is 0 Å². The largest absolute Gasteiger partial charge is 0.416 e. The molecule has 1 aliphatic heterocycles. The second-order valence-corrected chi connectivity index (χ2v) is 10.0. The van der Waals surface area contributed by atoms with Crippen LogP contribution in [-0.2, 0) is 12.7 Å². The van der Waals surface area contributed by atoms with Gasteiger partial charge in [-0.1, -0.05) is 35.5 Å². The van der Waals surface area contributed by atoms with E-state index in [0.29, 0.717) is 12.2 Å². The SMILES string of the molecule is O=C(N/N=C/c1cn(Cc2cc(-c3ccccc3)cnc2N2CCSCC2)nn1)c1ccc(C(F)(F)F)cc1. The first-order valence-electron chi connectivity index (χ1n) is 12.1. The predicted octanol–water partition coefficient (Wildman–Crippen LogP) is 4.72. The number of benzene rings is 2. The molecule has 0 spiro atoms. The third kappa shape index (κ3) is 6.63. The number of nitrogens with zero attached hydrogens (tertiary/aromatic N) is 6. The highest BCUT2D eigenvalue weighted by Gasteiger charge is 2.30. The van der Waals surface area contributed by atoms with E-state index < -0.39 is 17.6 Å². The van der Waals surface area contributed by atoms with E-state index in [0.717, 1.165) is 71.4 Å². The van der Waals surface area contributed by atoms with Crippen LogP contribution < -0.4 is 10.3 Å². The smallest absolute Gasteiger partial charge is 0.355 e. The van der Waals surface area contributed by atoms with Crippen LogP contribution in [0.4, 0.5) is 19.0 Å². The van der Waals surface area contributed by atoms with Crippen LogP contribution in [0.15, 0.2) is 78.2 Å². The number of carbonyl (C=O) groups excluding carboxylic acids is 1. The van der Waals surface area contributed by atoms with Crippen LogP contribution in [0.25, 0.3) is 11.1 Å². The molecule has 0 atom stereocenters. The summed E-state index contributed by atoms with van der Waals surface area (Å²) in [5.41, 5.74) is 5.02. The maximum atomic E-state index is 12.7. The van der Waals surface area contributed by atoms with Crippen molar-refractivity contribution in [1.82, 2.24) is 25.4 Å². The molecule has 0 aliphatic carbocycles. The molecule has 1 fully saturated rings. The topological polar surface area (TPSA) is 88.3 Å². The highest BCUT2D eigenvalue weighted by molar-refractivity contribution is 7.99. The minimum Gasteiger partial charge on any atom is -0.355 e. The molecule has 3 heterocycles. The van der Waals surface area contributed by atoms with Crippen molar-refractivity contribution in [2.24, 2.45) is 5.10 Å². The Morgan fingerprint density at radius 1 is 1.05 bits per heavy atom. The number of hydrogen-bond donors (Lipinski definition) is 1. The maximum absolute atomic E-state index is 12.7. The van der Waals surface area contributed by atoms with Crippen LogP contribution in [0.2, 0.25) is 0 Å². The number of halogens is 3. The summed E-state index contributed by atoms with van der Waals surface area (Å²) < 4.78 is 39.8. The molecule has 0 saturated carbocycles. The van der Waals surface area contributed by atoms with Crippen molar-refractivity contribution in [1.29, 1.82) is 0 Å². The molecule has 1 aliphatic rings. The van der Waals surface area contributed by atoms with Gasteiger partial charge in [0.25, 0.3) is 5.91 Å². The molecule has 4 aromatic rings. The number of rotatable bonds is 7. The Kier molecular flexibility index (Phi) is 7.92. The highest BCUT2D eigenvalue weighted by atomic mass is 32.2. The highest BCUT2D eigenvalue weighted by Crippen LogP contribution is 2.29. The number of anilines is 1. The van der Waals surface area contributed by atoms with Crippen LogP contribution in [0, 0.1) is 0 Å². The Balaban J connectivity index is 1.28. The van der Waals surface area contributed by atoms with Crippen LogP contribution in [0.5, 0.6) is 0 Å². The Morgan fingerprint density at radius 3 is 2.51 bits per heavy atom. The van der Waals surface area contributed by atoms with Gasteiger partial charge in [-0.25, -0.2) is 15.1 Å². The van der Waals surface area contributed by atoms with Crippen molar-refractivity contribution in [3.8, 4) is 11.1 Å². The Labute approximate surface area is 226 Å². The second-order valence-electron chi connectivity index (χ2n) is 8.79. The molecular weight excluding hydrogens is 527 g/mol. The second kappa shape index (κ2) is 11.7. The lowest BCUT2D eigenvalue weighted by Gasteiger charge is -2.29. The van der Waals surface area contributed by atoms with Gasteiger partial charge in [-0.3, -0.25) is 4.79 Å². The lowest BCUT2D eigenvalue weighted by atomic mass is 10.1. The van der Waals surface area contributed by atoms with Gasteiger partial charge in [-0.2, -0.15) is 30.0 Å². The minimum absolute atomic E-state index is 0.0539. The molecule has 1 N–H and O–H groups in total. The van der Waals surface area contributed by atoms with Gasteiger partial charge in [-0.05, 0) is 35.9 Å². The number of aromatic nitrogens is 4. The van der Waals surface area contributed by atoms with E-state index in [1.165, 1.54) is 6.21 Å². The number of amides is 1. The van der Waals surface area contributed by atoms with Crippen molar-refractivity contribution in [3.05, 3.63) is 95.4 Å². The molecule has 12 heteroatoms. The van der Waals surface area contributed by atoms with Crippen molar-refractivity contribution in [2.45, 2.75) is 12.7 Å². The van der Waals surface area contributed by atoms with Gasteiger partial charge in [0.15, 0.2) is 0 Å². The van der Waals surface area contributed by atoms with E-state index in [2.05, 4.69) is 31.8 Å². The molecule has 8 nitrogen and oxygen atoms in total. The first-order chi connectivity index (χ1) is 18.9. The van der Waals surface area contributed by atoms with Gasteiger partial charge in [0.1, 0.15) is 11.5 Å². The van der Waals surface area contributed by atoms with Gasteiger partial charge < -0.3 is 4.90 Å². The number of hydrazone groups is 1. The molecule has 5 rings (SSSR count). The van der Waals surface area contributed by atoms with Gasteiger partial charge in [0, 0.05) is 47.5 Å². The average Bonchev–Trinajstić information content (AvgIpc) is 3.40. The average molecular weight is 552 g/mol. The zero-order chi connectivity index (χ0) is 27.2. The number of pyridine rings is 1. The van der Waals surface area contributed by atoms with Gasteiger partial charge in [0.2, 0.25) is 0 Å². The van der Waals surface area contributed by atoms with Crippen molar-refractivity contribution >= 4 is 29.7 Å². The summed E-state index contributed by atoms with van der Waals surface area (Å²) >= 11 is 1.93. The fraction of sp³-hybridized carbons (Fsp3) is 0.222. The zero-order valence-corrected chi connectivity index (χ0v) is 21.5. The summed E-state index contributed by atoms with van der Waals surface area (Å²) in [6, 6.07) is 16.1. The first kappa shape index (κ1) is 26.4.